The lowest BCUT2D eigenvalue weighted by molar-refractivity contribution is -0.0494. The lowest BCUT2D eigenvalue weighted by atomic mass is 10.5. The molecule has 5 nitrogen and oxygen atoms in total. The first-order valence-electron chi connectivity index (χ1n) is 3.47. The molecule has 0 radical (unpaired) electrons. The molecule has 0 aromatic carbocycles. The zero-order chi connectivity index (χ0) is 10.1. The smallest absolute Gasteiger partial charge is 0.387 e. The van der Waals surface area contributed by atoms with E-state index in [1.165, 1.54) is 10.7 Å². The van der Waals surface area contributed by atoms with E-state index < -0.39 is 6.61 Å². The molecule has 0 aliphatic carbocycles. The van der Waals surface area contributed by atoms with Crippen molar-refractivity contribution < 1.29 is 13.5 Å². The van der Waals surface area contributed by atoms with E-state index in [-0.39, 0.29) is 16.7 Å². The summed E-state index contributed by atoms with van der Waals surface area (Å²) >= 11 is 5.64. The molecular formula is C6H3ClF2N4O. The standard InChI is InChI=1S/C6H3ClF2N4O/c7-5-10-1-3(14-6(8)9)4-12-11-2-13(4)5/h1-2,6H. The van der Waals surface area contributed by atoms with Crippen LogP contribution in [0.25, 0.3) is 5.65 Å². The summed E-state index contributed by atoms with van der Waals surface area (Å²) in [5.74, 6) is -0.165. The molecule has 8 heteroatoms. The summed E-state index contributed by atoms with van der Waals surface area (Å²) in [5, 5.41) is 7.13. The summed E-state index contributed by atoms with van der Waals surface area (Å²) in [6.45, 7) is -2.93. The Balaban J connectivity index is 2.55. The molecule has 0 fully saturated rings. The number of rotatable bonds is 2. The second-order valence-electron chi connectivity index (χ2n) is 2.29. The number of hydrogen-bond acceptors (Lipinski definition) is 4. The van der Waals surface area contributed by atoms with Crippen LogP contribution in [0.2, 0.25) is 5.28 Å². The van der Waals surface area contributed by atoms with Gasteiger partial charge in [-0.15, -0.1) is 10.2 Å². The van der Waals surface area contributed by atoms with Crippen LogP contribution in [0.5, 0.6) is 5.75 Å². The van der Waals surface area contributed by atoms with Crippen molar-refractivity contribution in [3.8, 4) is 5.75 Å². The lowest BCUT2D eigenvalue weighted by Crippen LogP contribution is -2.04. The van der Waals surface area contributed by atoms with Crippen LogP contribution < -0.4 is 4.74 Å². The monoisotopic (exact) mass is 220 g/mol. The van der Waals surface area contributed by atoms with Gasteiger partial charge in [-0.2, -0.15) is 8.78 Å². The highest BCUT2D eigenvalue weighted by molar-refractivity contribution is 6.28. The highest BCUT2D eigenvalue weighted by Crippen LogP contribution is 2.20. The molecule has 0 aliphatic heterocycles. The highest BCUT2D eigenvalue weighted by atomic mass is 35.5. The van der Waals surface area contributed by atoms with Gasteiger partial charge < -0.3 is 4.74 Å². The van der Waals surface area contributed by atoms with E-state index in [0.29, 0.717) is 0 Å². The van der Waals surface area contributed by atoms with Crippen molar-refractivity contribution >= 4 is 17.2 Å². The summed E-state index contributed by atoms with van der Waals surface area (Å²) in [6, 6.07) is 0. The SMILES string of the molecule is FC(F)Oc1cnc(Cl)n2cnnc12. The summed E-state index contributed by atoms with van der Waals surface area (Å²) in [4.78, 5) is 3.62. The molecule has 0 N–H and O–H groups in total. The number of fused-ring (bicyclic) bond motifs is 1. The van der Waals surface area contributed by atoms with Crippen molar-refractivity contribution in [2.75, 3.05) is 0 Å². The summed E-state index contributed by atoms with van der Waals surface area (Å²) in [7, 11) is 0. The van der Waals surface area contributed by atoms with Crippen LogP contribution in [-0.4, -0.2) is 26.2 Å². The van der Waals surface area contributed by atoms with Gasteiger partial charge in [-0.1, -0.05) is 0 Å². The summed E-state index contributed by atoms with van der Waals surface area (Å²) in [5.41, 5.74) is 0.102. The van der Waals surface area contributed by atoms with Crippen molar-refractivity contribution in [1.29, 1.82) is 0 Å². The molecular weight excluding hydrogens is 218 g/mol. The van der Waals surface area contributed by atoms with Crippen molar-refractivity contribution in [2.24, 2.45) is 0 Å². The number of nitrogens with zero attached hydrogens (tertiary/aromatic N) is 4. The molecule has 2 heterocycles. The van der Waals surface area contributed by atoms with E-state index in [4.69, 9.17) is 11.6 Å². The van der Waals surface area contributed by atoms with Crippen LogP contribution in [-0.2, 0) is 0 Å². The maximum atomic E-state index is 11.9. The van der Waals surface area contributed by atoms with Gasteiger partial charge in [0.2, 0.25) is 10.9 Å². The van der Waals surface area contributed by atoms with Gasteiger partial charge in [0, 0.05) is 0 Å². The molecule has 2 rings (SSSR count). The molecule has 0 amide bonds. The Labute approximate surface area is 81.3 Å². The molecule has 0 saturated heterocycles. The Kier molecular flexibility index (Phi) is 2.16. The fourth-order valence-corrected chi connectivity index (χ4v) is 1.12. The zero-order valence-corrected chi connectivity index (χ0v) is 7.32. The molecule has 2 aromatic rings. The van der Waals surface area contributed by atoms with Crippen LogP contribution in [0, 0.1) is 0 Å². The van der Waals surface area contributed by atoms with Gasteiger partial charge in [-0.3, -0.25) is 4.40 Å². The highest BCUT2D eigenvalue weighted by Gasteiger charge is 2.12. The third-order valence-corrected chi connectivity index (χ3v) is 1.75. The van der Waals surface area contributed by atoms with Gasteiger partial charge in [0.1, 0.15) is 6.33 Å². The van der Waals surface area contributed by atoms with Gasteiger partial charge in [-0.05, 0) is 11.6 Å². The summed E-state index contributed by atoms with van der Waals surface area (Å²) < 4.78 is 29.2. The predicted octanol–water partition coefficient (Wildman–Crippen LogP) is 1.38. The van der Waals surface area contributed by atoms with Crippen molar-refractivity contribution in [2.45, 2.75) is 6.61 Å². The number of aromatic nitrogens is 4. The molecule has 74 valence electrons. The molecule has 0 spiro atoms. The van der Waals surface area contributed by atoms with Crippen LogP contribution >= 0.6 is 11.6 Å². The fourth-order valence-electron chi connectivity index (χ4n) is 0.949. The van der Waals surface area contributed by atoms with Crippen molar-refractivity contribution in [3.05, 3.63) is 17.8 Å². The van der Waals surface area contributed by atoms with Crippen molar-refractivity contribution in [1.82, 2.24) is 19.6 Å². The Hall–Kier alpha value is -1.50. The first-order valence-corrected chi connectivity index (χ1v) is 3.85. The molecule has 0 unspecified atom stereocenters. The largest absolute Gasteiger partial charge is 0.429 e. The second kappa shape index (κ2) is 3.33. The number of hydrogen-bond donors (Lipinski definition) is 0. The Morgan fingerprint density at radius 2 is 2.29 bits per heavy atom. The Bertz CT molecular complexity index is 460. The molecule has 0 aliphatic rings. The number of alkyl halides is 2. The van der Waals surface area contributed by atoms with Gasteiger partial charge >= 0.3 is 6.61 Å². The van der Waals surface area contributed by atoms with Gasteiger partial charge in [0.05, 0.1) is 6.20 Å². The van der Waals surface area contributed by atoms with E-state index in [9.17, 15) is 8.78 Å². The quantitative estimate of drug-likeness (QED) is 0.718. The lowest BCUT2D eigenvalue weighted by Gasteiger charge is -2.04. The number of ether oxygens (including phenoxy) is 1. The Morgan fingerprint density at radius 1 is 1.50 bits per heavy atom. The minimum atomic E-state index is -2.93. The topological polar surface area (TPSA) is 52.3 Å². The van der Waals surface area contributed by atoms with Gasteiger partial charge in [0.25, 0.3) is 0 Å². The first-order chi connectivity index (χ1) is 6.68. The van der Waals surface area contributed by atoms with Gasteiger partial charge in [-0.25, -0.2) is 4.98 Å². The molecule has 0 atom stereocenters. The average Bonchev–Trinajstić information content (AvgIpc) is 2.58. The number of halogens is 3. The fraction of sp³-hybridized carbons (Fsp3) is 0.167. The van der Waals surface area contributed by atoms with E-state index in [1.807, 2.05) is 0 Å². The maximum Gasteiger partial charge on any atom is 0.387 e. The molecule has 2 aromatic heterocycles. The minimum absolute atomic E-state index is 0.0756. The third-order valence-electron chi connectivity index (χ3n) is 1.47. The Morgan fingerprint density at radius 3 is 3.00 bits per heavy atom. The normalized spacial score (nSPS) is 11.1. The first kappa shape index (κ1) is 9.07. The molecule has 0 bridgehead atoms. The van der Waals surface area contributed by atoms with E-state index in [1.54, 1.807) is 0 Å². The van der Waals surface area contributed by atoms with Crippen LogP contribution in [0.1, 0.15) is 0 Å². The van der Waals surface area contributed by atoms with Crippen LogP contribution in [0.3, 0.4) is 0 Å². The molecule has 0 saturated carbocycles. The summed E-state index contributed by atoms with van der Waals surface area (Å²) in [6.07, 6.45) is 2.32. The van der Waals surface area contributed by atoms with E-state index >= 15 is 0 Å². The maximum absolute atomic E-state index is 11.9. The molecule has 14 heavy (non-hydrogen) atoms. The second-order valence-corrected chi connectivity index (χ2v) is 2.63. The average molecular weight is 221 g/mol. The van der Waals surface area contributed by atoms with Crippen LogP contribution in [0.15, 0.2) is 12.5 Å². The third kappa shape index (κ3) is 1.46. The minimum Gasteiger partial charge on any atom is -0.429 e. The zero-order valence-electron chi connectivity index (χ0n) is 6.56. The van der Waals surface area contributed by atoms with E-state index in [2.05, 4.69) is 19.9 Å². The van der Waals surface area contributed by atoms with Crippen molar-refractivity contribution in [3.63, 3.8) is 0 Å². The van der Waals surface area contributed by atoms with Gasteiger partial charge in [0.15, 0.2) is 5.75 Å². The van der Waals surface area contributed by atoms with E-state index in [0.717, 1.165) is 6.20 Å². The predicted molar refractivity (Wildman–Crippen MR) is 42.4 cm³/mol. The van der Waals surface area contributed by atoms with Crippen LogP contribution in [0.4, 0.5) is 8.78 Å².